The first-order chi connectivity index (χ1) is 10.9. The lowest BCUT2D eigenvalue weighted by atomic mass is 9.97. The van der Waals surface area contributed by atoms with Gasteiger partial charge in [0.1, 0.15) is 0 Å². The van der Waals surface area contributed by atoms with Gasteiger partial charge in [-0.2, -0.15) is 13.2 Å². The highest BCUT2D eigenvalue weighted by Gasteiger charge is 2.39. The van der Waals surface area contributed by atoms with Gasteiger partial charge in [0.05, 0.1) is 11.5 Å². The van der Waals surface area contributed by atoms with Crippen molar-refractivity contribution in [1.82, 2.24) is 20.1 Å². The van der Waals surface area contributed by atoms with Gasteiger partial charge in [0.15, 0.2) is 0 Å². The summed E-state index contributed by atoms with van der Waals surface area (Å²) < 4.78 is 42.3. The van der Waals surface area contributed by atoms with Crippen molar-refractivity contribution in [1.29, 1.82) is 0 Å². The topological polar surface area (TPSA) is 72.1 Å². The molecule has 3 rings (SSSR count). The number of hydrogen-bond acceptors (Lipinski definition) is 5. The Labute approximate surface area is 129 Å². The SMILES string of the molecule is O=C(c1cccnc1)N1CCC[C@@H](c2nnc(C(F)(F)F)o2)C1. The Morgan fingerprint density at radius 3 is 2.83 bits per heavy atom. The second-order valence-electron chi connectivity index (χ2n) is 5.28. The molecule has 1 saturated heterocycles. The molecule has 0 aliphatic carbocycles. The summed E-state index contributed by atoms with van der Waals surface area (Å²) in [6.45, 7) is 0.776. The van der Waals surface area contributed by atoms with Crippen molar-refractivity contribution in [3.05, 3.63) is 41.9 Å². The quantitative estimate of drug-likeness (QED) is 0.848. The summed E-state index contributed by atoms with van der Waals surface area (Å²) in [5.41, 5.74) is 0.439. The van der Waals surface area contributed by atoms with Gasteiger partial charge in [0.2, 0.25) is 5.89 Å². The molecule has 1 fully saturated rings. The normalized spacial score (nSPS) is 18.9. The molecule has 1 atom stereocenters. The third-order valence-electron chi connectivity index (χ3n) is 3.65. The Morgan fingerprint density at radius 1 is 1.35 bits per heavy atom. The zero-order valence-corrected chi connectivity index (χ0v) is 12.0. The van der Waals surface area contributed by atoms with Gasteiger partial charge in [0, 0.05) is 25.5 Å². The molecule has 0 unspecified atom stereocenters. The fraction of sp³-hybridized carbons (Fsp3) is 0.429. The Morgan fingerprint density at radius 2 is 2.17 bits per heavy atom. The fourth-order valence-corrected chi connectivity index (χ4v) is 2.55. The summed E-state index contributed by atoms with van der Waals surface area (Å²) in [5.74, 6) is -2.05. The number of nitrogens with zero attached hydrogens (tertiary/aromatic N) is 4. The predicted octanol–water partition coefficient (Wildman–Crippen LogP) is 2.50. The number of amides is 1. The third kappa shape index (κ3) is 3.33. The minimum atomic E-state index is -4.66. The number of piperidine rings is 1. The number of hydrogen-bond donors (Lipinski definition) is 0. The molecule has 1 aliphatic heterocycles. The molecule has 0 radical (unpaired) electrons. The van der Waals surface area contributed by atoms with Crippen LogP contribution in [-0.4, -0.2) is 39.1 Å². The van der Waals surface area contributed by atoms with Crippen molar-refractivity contribution in [2.75, 3.05) is 13.1 Å². The van der Waals surface area contributed by atoms with E-state index in [0.29, 0.717) is 24.9 Å². The number of pyridine rings is 1. The van der Waals surface area contributed by atoms with E-state index in [9.17, 15) is 18.0 Å². The average Bonchev–Trinajstić information content (AvgIpc) is 3.05. The molecule has 1 amide bonds. The van der Waals surface area contributed by atoms with Crippen molar-refractivity contribution >= 4 is 5.91 Å². The summed E-state index contributed by atoms with van der Waals surface area (Å²) in [5, 5.41) is 6.52. The van der Waals surface area contributed by atoms with Crippen LogP contribution in [0.2, 0.25) is 0 Å². The van der Waals surface area contributed by atoms with Crippen molar-refractivity contribution in [3.63, 3.8) is 0 Å². The molecule has 0 spiro atoms. The lowest BCUT2D eigenvalue weighted by Crippen LogP contribution is -2.39. The van der Waals surface area contributed by atoms with E-state index in [1.165, 1.54) is 6.20 Å². The lowest BCUT2D eigenvalue weighted by molar-refractivity contribution is -0.157. The van der Waals surface area contributed by atoms with Crippen LogP contribution in [0.1, 0.15) is 40.9 Å². The maximum absolute atomic E-state index is 12.5. The number of carbonyl (C=O) groups excluding carboxylic acids is 1. The van der Waals surface area contributed by atoms with E-state index in [2.05, 4.69) is 15.2 Å². The zero-order valence-electron chi connectivity index (χ0n) is 12.0. The van der Waals surface area contributed by atoms with Crippen LogP contribution in [0.4, 0.5) is 13.2 Å². The molecule has 6 nitrogen and oxygen atoms in total. The zero-order chi connectivity index (χ0) is 16.4. The minimum absolute atomic E-state index is 0.0824. The molecule has 2 aromatic rings. The van der Waals surface area contributed by atoms with Gasteiger partial charge >= 0.3 is 12.1 Å². The van der Waals surface area contributed by atoms with Crippen LogP contribution in [0.15, 0.2) is 28.9 Å². The second kappa shape index (κ2) is 5.98. The van der Waals surface area contributed by atoms with Gasteiger partial charge in [-0.15, -0.1) is 10.2 Å². The van der Waals surface area contributed by atoms with E-state index in [4.69, 9.17) is 4.42 Å². The van der Waals surface area contributed by atoms with E-state index in [1.54, 1.807) is 23.2 Å². The van der Waals surface area contributed by atoms with Crippen LogP contribution in [0.3, 0.4) is 0 Å². The molecular formula is C14H13F3N4O2. The summed E-state index contributed by atoms with van der Waals surface area (Å²) in [7, 11) is 0. The Balaban J connectivity index is 1.73. The maximum atomic E-state index is 12.5. The lowest BCUT2D eigenvalue weighted by Gasteiger charge is -2.31. The standard InChI is InChI=1S/C14H13F3N4O2/c15-14(16,17)13-20-19-11(23-13)10-4-2-6-21(8-10)12(22)9-3-1-5-18-7-9/h1,3,5,7,10H,2,4,6,8H2/t10-/m1/s1. The van der Waals surface area contributed by atoms with E-state index < -0.39 is 18.0 Å². The average molecular weight is 326 g/mol. The van der Waals surface area contributed by atoms with Gasteiger partial charge < -0.3 is 9.32 Å². The largest absolute Gasteiger partial charge is 0.470 e. The van der Waals surface area contributed by atoms with Gasteiger partial charge in [-0.25, -0.2) is 0 Å². The molecule has 2 aromatic heterocycles. The highest BCUT2D eigenvalue weighted by molar-refractivity contribution is 5.93. The molecule has 1 aliphatic rings. The van der Waals surface area contributed by atoms with Gasteiger partial charge in [-0.3, -0.25) is 9.78 Å². The summed E-state index contributed by atoms with van der Waals surface area (Å²) in [6, 6.07) is 3.30. The van der Waals surface area contributed by atoms with Gasteiger partial charge in [-0.05, 0) is 25.0 Å². The van der Waals surface area contributed by atoms with Crippen molar-refractivity contribution in [3.8, 4) is 0 Å². The summed E-state index contributed by atoms with van der Waals surface area (Å²) in [6.07, 6.45) is -0.394. The minimum Gasteiger partial charge on any atom is -0.417 e. The Bertz CT molecular complexity index is 687. The first kappa shape index (κ1) is 15.4. The Hall–Kier alpha value is -2.45. The number of carbonyl (C=O) groups is 1. The fourth-order valence-electron chi connectivity index (χ4n) is 2.55. The molecule has 23 heavy (non-hydrogen) atoms. The first-order valence-electron chi connectivity index (χ1n) is 7.05. The molecular weight excluding hydrogens is 313 g/mol. The monoisotopic (exact) mass is 326 g/mol. The highest BCUT2D eigenvalue weighted by atomic mass is 19.4. The van der Waals surface area contributed by atoms with E-state index >= 15 is 0 Å². The molecule has 0 N–H and O–H groups in total. The van der Waals surface area contributed by atoms with Crippen molar-refractivity contribution in [2.24, 2.45) is 0 Å². The number of rotatable bonds is 2. The third-order valence-corrected chi connectivity index (χ3v) is 3.65. The van der Waals surface area contributed by atoms with E-state index in [0.717, 1.165) is 0 Å². The Kier molecular flexibility index (Phi) is 4.01. The summed E-state index contributed by atoms with van der Waals surface area (Å²) in [4.78, 5) is 17.8. The smallest absolute Gasteiger partial charge is 0.417 e. The molecule has 9 heteroatoms. The van der Waals surface area contributed by atoms with Crippen LogP contribution in [0.5, 0.6) is 0 Å². The molecule has 0 aromatic carbocycles. The second-order valence-corrected chi connectivity index (χ2v) is 5.28. The maximum Gasteiger partial charge on any atom is 0.470 e. The number of likely N-dealkylation sites (tertiary alicyclic amines) is 1. The van der Waals surface area contributed by atoms with Crippen LogP contribution >= 0.6 is 0 Å². The molecule has 3 heterocycles. The van der Waals surface area contributed by atoms with Crippen molar-refractivity contribution in [2.45, 2.75) is 24.9 Å². The van der Waals surface area contributed by atoms with E-state index in [1.807, 2.05) is 0 Å². The first-order valence-corrected chi connectivity index (χ1v) is 7.05. The number of aromatic nitrogens is 3. The molecule has 0 saturated carbocycles. The van der Waals surface area contributed by atoms with Gasteiger partial charge in [0.25, 0.3) is 5.91 Å². The highest BCUT2D eigenvalue weighted by Crippen LogP contribution is 2.32. The molecule has 122 valence electrons. The van der Waals surface area contributed by atoms with Crippen LogP contribution < -0.4 is 0 Å². The number of alkyl halides is 3. The predicted molar refractivity (Wildman–Crippen MR) is 71.4 cm³/mol. The van der Waals surface area contributed by atoms with Crippen LogP contribution in [0, 0.1) is 0 Å². The molecule has 0 bridgehead atoms. The number of halogens is 3. The van der Waals surface area contributed by atoms with Crippen LogP contribution in [0.25, 0.3) is 0 Å². The van der Waals surface area contributed by atoms with Gasteiger partial charge in [-0.1, -0.05) is 0 Å². The van der Waals surface area contributed by atoms with E-state index in [-0.39, 0.29) is 18.3 Å². The summed E-state index contributed by atoms with van der Waals surface area (Å²) >= 11 is 0. The van der Waals surface area contributed by atoms with Crippen LogP contribution in [-0.2, 0) is 6.18 Å². The van der Waals surface area contributed by atoms with Crippen molar-refractivity contribution < 1.29 is 22.4 Å².